The molecule has 0 radical (unpaired) electrons. The van der Waals surface area contributed by atoms with Crippen LogP contribution in [-0.4, -0.2) is 15.6 Å². The first-order chi connectivity index (χ1) is 8.47. The number of nitrogens with one attached hydrogen (secondary N) is 1. The molecule has 4 nitrogen and oxygen atoms in total. The van der Waals surface area contributed by atoms with Crippen LogP contribution in [0.2, 0.25) is 0 Å². The van der Waals surface area contributed by atoms with Gasteiger partial charge in [0.1, 0.15) is 6.33 Å². The number of carbonyl (C=O) groups is 1. The lowest BCUT2D eigenvalue weighted by molar-refractivity contribution is 0.253. The van der Waals surface area contributed by atoms with E-state index in [1.54, 1.807) is 12.4 Å². The fourth-order valence-electron chi connectivity index (χ4n) is 1.62. The molecule has 1 aromatic carbocycles. The molecule has 0 bridgehead atoms. The van der Waals surface area contributed by atoms with E-state index in [4.69, 9.17) is 0 Å². The molecule has 0 saturated carbocycles. The minimum absolute atomic E-state index is 0.118. The van der Waals surface area contributed by atoms with Gasteiger partial charge >= 0.3 is 6.03 Å². The molecular weight excluding hydrogens is 226 g/mol. The highest BCUT2D eigenvalue weighted by molar-refractivity contribution is 5.90. The Balaban J connectivity index is 2.09. The molecular formula is C14H17N3O. The fraction of sp³-hybridized carbons (Fsp3) is 0.286. The van der Waals surface area contributed by atoms with Crippen LogP contribution in [0.1, 0.15) is 26.3 Å². The number of hydrogen-bond donors (Lipinski definition) is 1. The van der Waals surface area contributed by atoms with Crippen molar-refractivity contribution >= 4 is 11.7 Å². The number of aromatic nitrogens is 2. The smallest absolute Gasteiger partial charge is 0.307 e. The van der Waals surface area contributed by atoms with Gasteiger partial charge < -0.3 is 5.32 Å². The molecule has 0 aliphatic heterocycles. The van der Waals surface area contributed by atoms with E-state index >= 15 is 0 Å². The Bertz CT molecular complexity index is 521. The van der Waals surface area contributed by atoms with Gasteiger partial charge in [-0.3, -0.25) is 4.57 Å². The lowest BCUT2D eigenvalue weighted by Crippen LogP contribution is -2.18. The van der Waals surface area contributed by atoms with Crippen LogP contribution in [0.25, 0.3) is 0 Å². The summed E-state index contributed by atoms with van der Waals surface area (Å²) < 4.78 is 1.40. The number of imidazole rings is 1. The first-order valence-corrected chi connectivity index (χ1v) is 5.87. The summed E-state index contributed by atoms with van der Waals surface area (Å²) in [6.45, 7) is 6.48. The van der Waals surface area contributed by atoms with Crippen molar-refractivity contribution in [2.24, 2.45) is 0 Å². The van der Waals surface area contributed by atoms with E-state index in [0.717, 1.165) is 5.69 Å². The fourth-order valence-corrected chi connectivity index (χ4v) is 1.62. The Hall–Kier alpha value is -2.10. The van der Waals surface area contributed by atoms with Crippen LogP contribution in [-0.2, 0) is 5.41 Å². The summed E-state index contributed by atoms with van der Waals surface area (Å²) in [4.78, 5) is 15.6. The van der Waals surface area contributed by atoms with Crippen molar-refractivity contribution in [1.82, 2.24) is 9.55 Å². The zero-order valence-electron chi connectivity index (χ0n) is 10.8. The second kappa shape index (κ2) is 4.64. The van der Waals surface area contributed by atoms with Crippen molar-refractivity contribution in [2.75, 3.05) is 5.32 Å². The number of rotatable bonds is 1. The molecule has 0 aliphatic rings. The van der Waals surface area contributed by atoms with Gasteiger partial charge in [-0.25, -0.2) is 9.78 Å². The third kappa shape index (κ3) is 2.77. The van der Waals surface area contributed by atoms with Crippen LogP contribution in [0.4, 0.5) is 10.5 Å². The molecule has 4 heteroatoms. The summed E-state index contributed by atoms with van der Waals surface area (Å²) in [7, 11) is 0. The van der Waals surface area contributed by atoms with Gasteiger partial charge in [0.2, 0.25) is 0 Å². The molecule has 1 aromatic heterocycles. The number of benzene rings is 1. The van der Waals surface area contributed by atoms with Crippen molar-refractivity contribution in [1.29, 1.82) is 0 Å². The van der Waals surface area contributed by atoms with Crippen LogP contribution < -0.4 is 5.32 Å². The molecule has 0 unspecified atom stereocenters. The van der Waals surface area contributed by atoms with Gasteiger partial charge in [0, 0.05) is 18.1 Å². The predicted molar refractivity (Wildman–Crippen MR) is 71.8 cm³/mol. The molecule has 18 heavy (non-hydrogen) atoms. The molecule has 1 heterocycles. The van der Waals surface area contributed by atoms with E-state index in [2.05, 4.69) is 31.1 Å². The zero-order chi connectivity index (χ0) is 13.2. The second-order valence-electron chi connectivity index (χ2n) is 5.23. The monoisotopic (exact) mass is 243 g/mol. The van der Waals surface area contributed by atoms with E-state index in [0.29, 0.717) is 0 Å². The molecule has 0 atom stereocenters. The maximum Gasteiger partial charge on any atom is 0.331 e. The highest BCUT2D eigenvalue weighted by Gasteiger charge is 2.13. The van der Waals surface area contributed by atoms with Gasteiger partial charge in [0.05, 0.1) is 0 Å². The van der Waals surface area contributed by atoms with Crippen molar-refractivity contribution in [3.8, 4) is 0 Å². The maximum absolute atomic E-state index is 11.8. The van der Waals surface area contributed by atoms with E-state index < -0.39 is 0 Å². The van der Waals surface area contributed by atoms with Gasteiger partial charge in [0.25, 0.3) is 0 Å². The maximum atomic E-state index is 11.8. The van der Waals surface area contributed by atoms with Gasteiger partial charge in [-0.15, -0.1) is 0 Å². The van der Waals surface area contributed by atoms with E-state index in [9.17, 15) is 4.79 Å². The SMILES string of the molecule is CC(C)(C)c1ccc(NC(=O)n2ccnc2)cc1. The molecule has 2 rings (SSSR count). The molecule has 0 spiro atoms. The first-order valence-electron chi connectivity index (χ1n) is 5.87. The van der Waals surface area contributed by atoms with Crippen molar-refractivity contribution < 1.29 is 4.79 Å². The Kier molecular flexibility index (Phi) is 3.19. The highest BCUT2D eigenvalue weighted by atomic mass is 16.2. The Labute approximate surface area is 107 Å². The first kappa shape index (κ1) is 12.4. The van der Waals surface area contributed by atoms with Gasteiger partial charge in [-0.05, 0) is 23.1 Å². The third-order valence-electron chi connectivity index (χ3n) is 2.74. The second-order valence-corrected chi connectivity index (χ2v) is 5.23. The summed E-state index contributed by atoms with van der Waals surface area (Å²) in [5.74, 6) is 0. The number of anilines is 1. The largest absolute Gasteiger partial charge is 0.331 e. The number of nitrogens with zero attached hydrogens (tertiary/aromatic N) is 2. The Morgan fingerprint density at radius 3 is 2.39 bits per heavy atom. The summed E-state index contributed by atoms with van der Waals surface area (Å²) >= 11 is 0. The van der Waals surface area contributed by atoms with Gasteiger partial charge in [-0.2, -0.15) is 0 Å². The molecule has 0 aliphatic carbocycles. The topological polar surface area (TPSA) is 46.9 Å². The highest BCUT2D eigenvalue weighted by Crippen LogP contribution is 2.23. The van der Waals surface area contributed by atoms with Crippen molar-refractivity contribution in [2.45, 2.75) is 26.2 Å². The number of hydrogen-bond acceptors (Lipinski definition) is 2. The summed E-state index contributed by atoms with van der Waals surface area (Å²) in [6, 6.07) is 7.67. The molecule has 0 fully saturated rings. The minimum Gasteiger partial charge on any atom is -0.307 e. The lowest BCUT2D eigenvalue weighted by atomic mass is 9.87. The van der Waals surface area contributed by atoms with Crippen molar-refractivity contribution in [3.63, 3.8) is 0 Å². The molecule has 94 valence electrons. The number of carbonyl (C=O) groups excluding carboxylic acids is 1. The van der Waals surface area contributed by atoms with Crippen molar-refractivity contribution in [3.05, 3.63) is 48.5 Å². The average Bonchev–Trinajstić information content (AvgIpc) is 2.82. The predicted octanol–water partition coefficient (Wildman–Crippen LogP) is 3.26. The van der Waals surface area contributed by atoms with Gasteiger partial charge in [-0.1, -0.05) is 32.9 Å². The standard InChI is InChI=1S/C14H17N3O/c1-14(2,3)11-4-6-12(7-5-11)16-13(18)17-9-8-15-10-17/h4-10H,1-3H3,(H,16,18). The van der Waals surface area contributed by atoms with Gasteiger partial charge in [0.15, 0.2) is 0 Å². The van der Waals surface area contributed by atoms with Crippen LogP contribution in [0, 0.1) is 0 Å². The molecule has 0 saturated heterocycles. The Morgan fingerprint density at radius 1 is 1.22 bits per heavy atom. The summed E-state index contributed by atoms with van der Waals surface area (Å²) in [5, 5.41) is 2.81. The van der Waals surface area contributed by atoms with E-state index in [1.807, 2.05) is 24.3 Å². The lowest BCUT2D eigenvalue weighted by Gasteiger charge is -2.19. The van der Waals surface area contributed by atoms with Crippen LogP contribution >= 0.6 is 0 Å². The third-order valence-corrected chi connectivity index (χ3v) is 2.74. The normalized spacial score (nSPS) is 11.3. The average molecular weight is 243 g/mol. The molecule has 1 amide bonds. The van der Waals surface area contributed by atoms with Crippen LogP contribution in [0.15, 0.2) is 43.0 Å². The molecule has 2 aromatic rings. The zero-order valence-corrected chi connectivity index (χ0v) is 10.8. The van der Waals surface area contributed by atoms with Crippen LogP contribution in [0.3, 0.4) is 0 Å². The summed E-state index contributed by atoms with van der Waals surface area (Å²) in [5.41, 5.74) is 2.14. The minimum atomic E-state index is -0.212. The van der Waals surface area contributed by atoms with E-state index in [1.165, 1.54) is 16.5 Å². The summed E-state index contributed by atoms with van der Waals surface area (Å²) in [6.07, 6.45) is 4.65. The Morgan fingerprint density at radius 2 is 1.89 bits per heavy atom. The molecule has 1 N–H and O–H groups in total. The number of amides is 1. The van der Waals surface area contributed by atoms with Crippen LogP contribution in [0.5, 0.6) is 0 Å². The van der Waals surface area contributed by atoms with E-state index in [-0.39, 0.29) is 11.4 Å². The quantitative estimate of drug-likeness (QED) is 0.835.